The first-order valence-corrected chi connectivity index (χ1v) is 12.5. The topological polar surface area (TPSA) is 90.6 Å². The summed E-state index contributed by atoms with van der Waals surface area (Å²) in [5.74, 6) is 0.158. The number of benzene rings is 1. The van der Waals surface area contributed by atoms with Crippen molar-refractivity contribution in [3.05, 3.63) is 47.7 Å². The monoisotopic (exact) mass is 505 g/mol. The van der Waals surface area contributed by atoms with E-state index in [0.717, 1.165) is 38.9 Å². The molecular weight excluding hydrogens is 471 g/mol. The molecule has 4 rings (SSSR count). The molecule has 36 heavy (non-hydrogen) atoms. The molecule has 0 unspecified atom stereocenters. The molecule has 0 radical (unpaired) electrons. The highest BCUT2D eigenvalue weighted by Gasteiger charge is 2.35. The summed E-state index contributed by atoms with van der Waals surface area (Å²) < 4.78 is 38.7. The van der Waals surface area contributed by atoms with E-state index in [-0.39, 0.29) is 18.0 Å². The maximum absolute atomic E-state index is 12.9. The van der Waals surface area contributed by atoms with Crippen molar-refractivity contribution in [3.8, 4) is 0 Å². The predicted octanol–water partition coefficient (Wildman–Crippen LogP) is 3.60. The summed E-state index contributed by atoms with van der Waals surface area (Å²) in [7, 11) is 0. The number of hydrogen-bond donors (Lipinski definition) is 2. The van der Waals surface area contributed by atoms with Crippen LogP contribution < -0.4 is 16.0 Å². The lowest BCUT2D eigenvalue weighted by Gasteiger charge is -2.40. The van der Waals surface area contributed by atoms with Crippen LogP contribution in [0.2, 0.25) is 0 Å². The van der Waals surface area contributed by atoms with Gasteiger partial charge in [0.25, 0.3) is 0 Å². The summed E-state index contributed by atoms with van der Waals surface area (Å²) in [4.78, 5) is 26.5. The number of nitrogen functional groups attached to an aromatic ring is 1. The number of rotatable bonds is 6. The number of nitrogens with zero attached hydrogens (tertiary/aromatic N) is 5. The maximum Gasteiger partial charge on any atom is 0.421 e. The molecule has 2 amide bonds. The van der Waals surface area contributed by atoms with Gasteiger partial charge in [-0.25, -0.2) is 9.78 Å². The van der Waals surface area contributed by atoms with Crippen LogP contribution in [0.15, 0.2) is 36.5 Å². The number of alkyl halides is 3. The molecule has 8 nitrogen and oxygen atoms in total. The molecule has 2 aliphatic heterocycles. The Morgan fingerprint density at radius 1 is 1.14 bits per heavy atom. The Bertz CT molecular complexity index is 1010. The summed E-state index contributed by atoms with van der Waals surface area (Å²) >= 11 is 0. The van der Waals surface area contributed by atoms with Crippen LogP contribution in [-0.2, 0) is 12.7 Å². The largest absolute Gasteiger partial charge is 0.421 e. The van der Waals surface area contributed by atoms with Crippen molar-refractivity contribution in [2.75, 3.05) is 49.9 Å². The zero-order chi connectivity index (χ0) is 25.7. The number of urea groups is 1. The van der Waals surface area contributed by atoms with E-state index < -0.39 is 17.6 Å². The highest BCUT2D eigenvalue weighted by Crippen LogP contribution is 2.33. The summed E-state index contributed by atoms with van der Waals surface area (Å²) in [6, 6.07) is 10.2. The van der Waals surface area contributed by atoms with Crippen molar-refractivity contribution < 1.29 is 18.0 Å². The zero-order valence-corrected chi connectivity index (χ0v) is 20.5. The van der Waals surface area contributed by atoms with Gasteiger partial charge in [0, 0.05) is 45.0 Å². The molecule has 2 aromatic rings. The summed E-state index contributed by atoms with van der Waals surface area (Å²) in [5, 5.41) is 3.05. The normalized spacial score (nSPS) is 19.9. The maximum atomic E-state index is 12.9. The van der Waals surface area contributed by atoms with Crippen LogP contribution in [-0.4, -0.2) is 71.1 Å². The Morgan fingerprint density at radius 2 is 1.86 bits per heavy atom. The van der Waals surface area contributed by atoms with Gasteiger partial charge in [-0.05, 0) is 50.8 Å². The number of halogens is 3. The fourth-order valence-corrected chi connectivity index (χ4v) is 4.96. The molecule has 2 fully saturated rings. The average Bonchev–Trinajstić information content (AvgIpc) is 2.85. The van der Waals surface area contributed by atoms with E-state index >= 15 is 0 Å². The molecule has 0 bridgehead atoms. The quantitative estimate of drug-likeness (QED) is 0.624. The van der Waals surface area contributed by atoms with Crippen molar-refractivity contribution in [2.24, 2.45) is 5.92 Å². The number of carbonyl (C=O) groups excluding carboxylic acids is 1. The van der Waals surface area contributed by atoms with Gasteiger partial charge in [0.1, 0.15) is 11.4 Å². The minimum Gasteiger partial charge on any atom is -0.383 e. The van der Waals surface area contributed by atoms with Crippen molar-refractivity contribution in [1.82, 2.24) is 25.1 Å². The number of hydrogen-bond acceptors (Lipinski definition) is 6. The van der Waals surface area contributed by atoms with Gasteiger partial charge in [-0.2, -0.15) is 18.2 Å². The van der Waals surface area contributed by atoms with Gasteiger partial charge in [0.15, 0.2) is 0 Å². The molecule has 1 aromatic heterocycles. The molecule has 11 heteroatoms. The number of amides is 2. The van der Waals surface area contributed by atoms with Gasteiger partial charge in [0.2, 0.25) is 5.95 Å². The fraction of sp³-hybridized carbons (Fsp3) is 0.560. The van der Waals surface area contributed by atoms with Crippen LogP contribution in [0.25, 0.3) is 0 Å². The third-order valence-corrected chi connectivity index (χ3v) is 7.07. The van der Waals surface area contributed by atoms with E-state index in [1.807, 2.05) is 13.0 Å². The minimum atomic E-state index is -4.59. The Balaban J connectivity index is 1.18. The van der Waals surface area contributed by atoms with Crippen molar-refractivity contribution in [3.63, 3.8) is 0 Å². The summed E-state index contributed by atoms with van der Waals surface area (Å²) in [5.41, 5.74) is 5.80. The highest BCUT2D eigenvalue weighted by atomic mass is 19.4. The Labute approximate surface area is 209 Å². The number of nitrogens with one attached hydrogen (secondary N) is 1. The van der Waals surface area contributed by atoms with Gasteiger partial charge < -0.3 is 20.9 Å². The van der Waals surface area contributed by atoms with E-state index in [0.29, 0.717) is 38.3 Å². The molecule has 0 aliphatic carbocycles. The number of piperidine rings is 1. The van der Waals surface area contributed by atoms with Crippen molar-refractivity contribution in [2.45, 2.75) is 44.9 Å². The Hall–Kier alpha value is -3.08. The van der Waals surface area contributed by atoms with Crippen LogP contribution in [0.3, 0.4) is 0 Å². The second-order valence-electron chi connectivity index (χ2n) is 9.68. The molecule has 0 spiro atoms. The first-order valence-electron chi connectivity index (χ1n) is 12.5. The summed E-state index contributed by atoms with van der Waals surface area (Å²) in [6.07, 6.45) is -0.653. The van der Waals surface area contributed by atoms with Gasteiger partial charge in [0.05, 0.1) is 0 Å². The average molecular weight is 506 g/mol. The molecule has 2 aliphatic rings. The lowest BCUT2D eigenvalue weighted by atomic mass is 9.93. The number of nitrogens with two attached hydrogens (primary N) is 1. The third-order valence-electron chi connectivity index (χ3n) is 7.07. The van der Waals surface area contributed by atoms with E-state index in [2.05, 4.69) is 44.5 Å². The van der Waals surface area contributed by atoms with E-state index in [9.17, 15) is 18.0 Å². The van der Waals surface area contributed by atoms with E-state index in [1.54, 1.807) is 9.80 Å². The van der Waals surface area contributed by atoms with Crippen molar-refractivity contribution in [1.29, 1.82) is 0 Å². The number of piperazine rings is 1. The Kier molecular flexibility index (Phi) is 8.17. The predicted molar refractivity (Wildman–Crippen MR) is 132 cm³/mol. The zero-order valence-electron chi connectivity index (χ0n) is 20.5. The summed E-state index contributed by atoms with van der Waals surface area (Å²) in [6.45, 7) is 6.93. The van der Waals surface area contributed by atoms with Crippen LogP contribution in [0.4, 0.5) is 29.7 Å². The van der Waals surface area contributed by atoms with E-state index in [1.165, 1.54) is 5.56 Å². The fourth-order valence-electron chi connectivity index (χ4n) is 4.96. The van der Waals surface area contributed by atoms with Crippen LogP contribution in [0, 0.1) is 5.92 Å². The van der Waals surface area contributed by atoms with Gasteiger partial charge in [-0.3, -0.25) is 4.90 Å². The van der Waals surface area contributed by atoms with Crippen molar-refractivity contribution >= 4 is 17.8 Å². The second kappa shape index (κ2) is 11.3. The highest BCUT2D eigenvalue weighted by molar-refractivity contribution is 5.74. The number of anilines is 2. The van der Waals surface area contributed by atoms with Crippen LogP contribution in [0.5, 0.6) is 0 Å². The lowest BCUT2D eigenvalue weighted by molar-refractivity contribution is -0.137. The first-order chi connectivity index (χ1) is 17.2. The number of carbonyl (C=O) groups is 1. The second-order valence-corrected chi connectivity index (χ2v) is 9.68. The lowest BCUT2D eigenvalue weighted by Crippen LogP contribution is -2.57. The third kappa shape index (κ3) is 6.57. The minimum absolute atomic E-state index is 0.114. The van der Waals surface area contributed by atoms with Gasteiger partial charge >= 0.3 is 12.2 Å². The SMILES string of the molecule is C[C@@H]1CN(c2ncc(C(F)(F)F)c(N)n2)CCN1C(=O)NCCC1CCN(Cc2ccccc2)CC1. The molecule has 0 saturated carbocycles. The smallest absolute Gasteiger partial charge is 0.383 e. The molecule has 196 valence electrons. The van der Waals surface area contributed by atoms with Crippen LogP contribution >= 0.6 is 0 Å². The molecular formula is C25H34F3N7O. The molecule has 3 N–H and O–H groups in total. The Morgan fingerprint density at radius 3 is 2.50 bits per heavy atom. The number of aromatic nitrogens is 2. The van der Waals surface area contributed by atoms with Gasteiger partial charge in [-0.1, -0.05) is 30.3 Å². The molecule has 2 saturated heterocycles. The standard InChI is InChI=1S/C25H34F3N7O/c1-18-16-34(23-31-15-21(22(29)32-23)25(26,27)28)13-14-35(18)24(36)30-10-7-19-8-11-33(12-9-19)17-20-5-3-2-4-6-20/h2-6,15,18-19H,7-14,16-17H2,1H3,(H,30,36)(H2,29,31,32)/t18-/m1/s1. The number of likely N-dealkylation sites (tertiary alicyclic amines) is 1. The van der Waals surface area contributed by atoms with Crippen LogP contribution in [0.1, 0.15) is 37.3 Å². The van der Waals surface area contributed by atoms with Gasteiger partial charge in [-0.15, -0.1) is 0 Å². The van der Waals surface area contributed by atoms with E-state index in [4.69, 9.17) is 5.73 Å². The molecule has 1 aromatic carbocycles. The molecule has 3 heterocycles. The first kappa shape index (κ1) is 26.0. The molecule has 1 atom stereocenters.